The van der Waals surface area contributed by atoms with Gasteiger partial charge >= 0.3 is 12.0 Å². The van der Waals surface area contributed by atoms with Crippen LogP contribution in [-0.4, -0.2) is 66.3 Å². The van der Waals surface area contributed by atoms with E-state index in [1.54, 1.807) is 23.8 Å². The molecule has 0 saturated carbocycles. The summed E-state index contributed by atoms with van der Waals surface area (Å²) >= 11 is 0. The highest BCUT2D eigenvalue weighted by atomic mass is 16.5. The van der Waals surface area contributed by atoms with Crippen LogP contribution in [0.15, 0.2) is 0 Å². The van der Waals surface area contributed by atoms with E-state index in [1.165, 1.54) is 0 Å². The second kappa shape index (κ2) is 8.74. The summed E-state index contributed by atoms with van der Waals surface area (Å²) in [5, 5.41) is 8.75. The fraction of sp³-hybridized carbons (Fsp3) is 0.833. The third kappa shape index (κ3) is 5.86. The van der Waals surface area contributed by atoms with Crippen LogP contribution in [0.2, 0.25) is 0 Å². The highest BCUT2D eigenvalue weighted by Crippen LogP contribution is 2.07. The van der Waals surface area contributed by atoms with Crippen LogP contribution in [0, 0.1) is 0 Å². The molecule has 0 aliphatic carbocycles. The van der Waals surface area contributed by atoms with E-state index in [1.807, 2.05) is 13.8 Å². The molecule has 0 bridgehead atoms. The molecule has 0 saturated heterocycles. The molecule has 0 heterocycles. The fourth-order valence-corrected chi connectivity index (χ4v) is 1.66. The molecule has 2 amide bonds. The lowest BCUT2D eigenvalue weighted by Gasteiger charge is -2.31. The zero-order valence-corrected chi connectivity index (χ0v) is 11.7. The van der Waals surface area contributed by atoms with Gasteiger partial charge in [0.25, 0.3) is 0 Å². The van der Waals surface area contributed by atoms with E-state index in [0.717, 1.165) is 0 Å². The predicted octanol–water partition coefficient (Wildman–Crippen LogP) is 1.26. The number of amides is 2. The van der Waals surface area contributed by atoms with E-state index in [0.29, 0.717) is 26.3 Å². The Balaban J connectivity index is 4.35. The van der Waals surface area contributed by atoms with Crippen LogP contribution in [0.3, 0.4) is 0 Å². The number of carboxylic acids is 1. The zero-order chi connectivity index (χ0) is 14.1. The van der Waals surface area contributed by atoms with Crippen molar-refractivity contribution in [3.05, 3.63) is 0 Å². The lowest BCUT2D eigenvalue weighted by atomic mass is 10.2. The Morgan fingerprint density at radius 1 is 1.33 bits per heavy atom. The van der Waals surface area contributed by atoms with Crippen LogP contribution in [0.5, 0.6) is 0 Å². The number of carboxylic acid groups (broad SMARTS) is 1. The van der Waals surface area contributed by atoms with Crippen molar-refractivity contribution < 1.29 is 19.4 Å². The molecule has 18 heavy (non-hydrogen) atoms. The van der Waals surface area contributed by atoms with Gasteiger partial charge < -0.3 is 19.6 Å². The SMILES string of the molecule is CCOCCN(C)C(=O)N(CC)C(C)CC(=O)O. The van der Waals surface area contributed by atoms with Crippen molar-refractivity contribution in [1.82, 2.24) is 9.80 Å². The maximum atomic E-state index is 12.1. The fourth-order valence-electron chi connectivity index (χ4n) is 1.66. The Labute approximate surface area is 109 Å². The number of carbonyl (C=O) groups excluding carboxylic acids is 1. The lowest BCUT2D eigenvalue weighted by Crippen LogP contribution is -2.47. The van der Waals surface area contributed by atoms with Gasteiger partial charge in [-0.2, -0.15) is 0 Å². The number of carbonyl (C=O) groups is 2. The molecule has 0 spiro atoms. The zero-order valence-electron chi connectivity index (χ0n) is 11.7. The summed E-state index contributed by atoms with van der Waals surface area (Å²) in [7, 11) is 1.69. The smallest absolute Gasteiger partial charge is 0.320 e. The van der Waals surface area contributed by atoms with Crippen molar-refractivity contribution in [3.8, 4) is 0 Å². The lowest BCUT2D eigenvalue weighted by molar-refractivity contribution is -0.138. The number of hydrogen-bond acceptors (Lipinski definition) is 3. The number of nitrogens with zero attached hydrogens (tertiary/aromatic N) is 2. The summed E-state index contributed by atoms with van der Waals surface area (Å²) in [5.41, 5.74) is 0. The minimum absolute atomic E-state index is 0.0428. The summed E-state index contributed by atoms with van der Waals surface area (Å²) in [6.45, 7) is 7.58. The molecule has 6 heteroatoms. The van der Waals surface area contributed by atoms with Gasteiger partial charge in [0.15, 0.2) is 0 Å². The van der Waals surface area contributed by atoms with E-state index < -0.39 is 5.97 Å². The van der Waals surface area contributed by atoms with Gasteiger partial charge in [0.05, 0.1) is 13.0 Å². The largest absolute Gasteiger partial charge is 0.481 e. The molecule has 1 N–H and O–H groups in total. The number of urea groups is 1. The minimum Gasteiger partial charge on any atom is -0.481 e. The first-order valence-electron chi connectivity index (χ1n) is 6.25. The first-order chi connectivity index (χ1) is 8.43. The molecule has 106 valence electrons. The topological polar surface area (TPSA) is 70.1 Å². The summed E-state index contributed by atoms with van der Waals surface area (Å²) in [4.78, 5) is 25.9. The third-order valence-corrected chi connectivity index (χ3v) is 2.69. The van der Waals surface area contributed by atoms with Gasteiger partial charge in [0.2, 0.25) is 0 Å². The molecule has 0 aromatic heterocycles. The van der Waals surface area contributed by atoms with Crippen molar-refractivity contribution in [2.24, 2.45) is 0 Å². The van der Waals surface area contributed by atoms with Crippen molar-refractivity contribution >= 4 is 12.0 Å². The van der Waals surface area contributed by atoms with Gasteiger partial charge in [-0.3, -0.25) is 4.79 Å². The Hall–Kier alpha value is -1.30. The number of ether oxygens (including phenoxy) is 1. The number of rotatable bonds is 8. The van der Waals surface area contributed by atoms with Crippen LogP contribution in [0.25, 0.3) is 0 Å². The normalized spacial score (nSPS) is 12.0. The third-order valence-electron chi connectivity index (χ3n) is 2.69. The molecule has 0 aliphatic heterocycles. The quantitative estimate of drug-likeness (QED) is 0.667. The molecule has 6 nitrogen and oxygen atoms in total. The van der Waals surface area contributed by atoms with Gasteiger partial charge in [0, 0.05) is 32.8 Å². The Morgan fingerprint density at radius 3 is 2.39 bits per heavy atom. The van der Waals surface area contributed by atoms with Crippen LogP contribution in [-0.2, 0) is 9.53 Å². The second-order valence-corrected chi connectivity index (χ2v) is 4.13. The van der Waals surface area contributed by atoms with Crippen molar-refractivity contribution in [3.63, 3.8) is 0 Å². The maximum Gasteiger partial charge on any atom is 0.320 e. The van der Waals surface area contributed by atoms with Gasteiger partial charge in [-0.25, -0.2) is 4.79 Å². The highest BCUT2D eigenvalue weighted by Gasteiger charge is 2.23. The molecule has 0 aromatic carbocycles. The van der Waals surface area contributed by atoms with Crippen LogP contribution in [0.4, 0.5) is 4.79 Å². The molecule has 1 unspecified atom stereocenters. The van der Waals surface area contributed by atoms with E-state index >= 15 is 0 Å². The molecule has 0 rings (SSSR count). The number of aliphatic carboxylic acids is 1. The maximum absolute atomic E-state index is 12.1. The number of hydrogen-bond donors (Lipinski definition) is 1. The van der Waals surface area contributed by atoms with Gasteiger partial charge in [-0.15, -0.1) is 0 Å². The van der Waals surface area contributed by atoms with Crippen molar-refractivity contribution in [2.45, 2.75) is 33.2 Å². The molecule has 0 aliphatic rings. The van der Waals surface area contributed by atoms with Crippen molar-refractivity contribution in [1.29, 1.82) is 0 Å². The first kappa shape index (κ1) is 16.7. The molecular weight excluding hydrogens is 236 g/mol. The average molecular weight is 260 g/mol. The van der Waals surface area contributed by atoms with Gasteiger partial charge in [0.1, 0.15) is 0 Å². The Bertz CT molecular complexity index is 271. The van der Waals surface area contributed by atoms with E-state index in [2.05, 4.69) is 0 Å². The molecular formula is C12H24N2O4. The van der Waals surface area contributed by atoms with E-state index in [9.17, 15) is 9.59 Å². The molecule has 1 atom stereocenters. The summed E-state index contributed by atoms with van der Waals surface area (Å²) in [6, 6.07) is -0.472. The predicted molar refractivity (Wildman–Crippen MR) is 68.6 cm³/mol. The van der Waals surface area contributed by atoms with Crippen LogP contribution >= 0.6 is 0 Å². The molecule has 0 fully saturated rings. The first-order valence-corrected chi connectivity index (χ1v) is 6.25. The monoisotopic (exact) mass is 260 g/mol. The Kier molecular flexibility index (Phi) is 8.11. The highest BCUT2D eigenvalue weighted by molar-refractivity contribution is 5.75. The van der Waals surface area contributed by atoms with Crippen LogP contribution in [0.1, 0.15) is 27.2 Å². The summed E-state index contributed by atoms with van der Waals surface area (Å²) in [6.07, 6.45) is -0.0428. The molecule has 0 aromatic rings. The minimum atomic E-state index is -0.897. The Morgan fingerprint density at radius 2 is 1.94 bits per heavy atom. The van der Waals surface area contributed by atoms with E-state index in [-0.39, 0.29) is 18.5 Å². The standard InChI is InChI=1S/C12H24N2O4/c1-5-14(10(3)9-11(15)16)12(17)13(4)7-8-18-6-2/h10H,5-9H2,1-4H3,(H,15,16). The summed E-state index contributed by atoms with van der Waals surface area (Å²) in [5.74, 6) is -0.897. The van der Waals surface area contributed by atoms with Gasteiger partial charge in [-0.1, -0.05) is 0 Å². The van der Waals surface area contributed by atoms with Gasteiger partial charge in [-0.05, 0) is 20.8 Å². The second-order valence-electron chi connectivity index (χ2n) is 4.13. The summed E-state index contributed by atoms with van der Waals surface area (Å²) < 4.78 is 5.19. The number of likely N-dealkylation sites (N-methyl/N-ethyl adjacent to an activating group) is 1. The van der Waals surface area contributed by atoms with E-state index in [4.69, 9.17) is 9.84 Å². The van der Waals surface area contributed by atoms with Crippen molar-refractivity contribution in [2.75, 3.05) is 33.4 Å². The average Bonchev–Trinajstić information content (AvgIpc) is 2.28. The molecule has 0 radical (unpaired) electrons. The van der Waals surface area contributed by atoms with Crippen LogP contribution < -0.4 is 0 Å².